The Balaban J connectivity index is 1.32. The third-order valence-corrected chi connectivity index (χ3v) is 8.54. The highest BCUT2D eigenvalue weighted by atomic mass is 16.5. The molecule has 160 valence electrons. The number of hydrogen-bond donors (Lipinski definition) is 2. The molecule has 0 spiro atoms. The second kappa shape index (κ2) is 7.97. The van der Waals surface area contributed by atoms with E-state index < -0.39 is 0 Å². The van der Waals surface area contributed by atoms with E-state index in [1.54, 1.807) is 7.11 Å². The van der Waals surface area contributed by atoms with Crippen LogP contribution < -0.4 is 10.1 Å². The molecule has 5 rings (SSSR count). The molecule has 0 unspecified atom stereocenters. The molecule has 2 N–H and O–H groups in total. The molecular weight excluding hydrogens is 372 g/mol. The predicted molar refractivity (Wildman–Crippen MR) is 119 cm³/mol. The second-order valence-electron chi connectivity index (χ2n) is 9.75. The number of nitrogens with zero attached hydrogens (tertiary/aromatic N) is 1. The molecule has 1 aromatic carbocycles. The third kappa shape index (κ3) is 3.25. The summed E-state index contributed by atoms with van der Waals surface area (Å²) in [6.07, 6.45) is 8.19. The first-order valence-corrected chi connectivity index (χ1v) is 11.6. The van der Waals surface area contributed by atoms with Gasteiger partial charge in [0.05, 0.1) is 13.2 Å². The molecular formula is C26H34N2O2. The fraction of sp³-hybridized carbons (Fsp3) is 0.577. The minimum Gasteiger partial charge on any atom is -0.497 e. The first-order valence-electron chi connectivity index (χ1n) is 11.6. The van der Waals surface area contributed by atoms with Crippen LogP contribution in [0.15, 0.2) is 42.6 Å². The molecule has 1 aromatic heterocycles. The van der Waals surface area contributed by atoms with E-state index in [-0.39, 0.29) is 11.5 Å². The van der Waals surface area contributed by atoms with E-state index >= 15 is 0 Å². The van der Waals surface area contributed by atoms with Crippen LogP contribution >= 0.6 is 0 Å². The van der Waals surface area contributed by atoms with E-state index in [2.05, 4.69) is 47.6 Å². The van der Waals surface area contributed by atoms with Crippen LogP contribution in [-0.4, -0.2) is 35.9 Å². The lowest BCUT2D eigenvalue weighted by Crippen LogP contribution is -2.56. The van der Waals surface area contributed by atoms with Crippen molar-refractivity contribution in [3.8, 4) is 5.75 Å². The Hall–Kier alpha value is -1.91. The Morgan fingerprint density at radius 1 is 1.20 bits per heavy atom. The van der Waals surface area contributed by atoms with Crippen molar-refractivity contribution < 1.29 is 9.84 Å². The minimum atomic E-state index is -0.258. The fourth-order valence-corrected chi connectivity index (χ4v) is 6.94. The molecule has 4 nitrogen and oxygen atoms in total. The van der Waals surface area contributed by atoms with Crippen molar-refractivity contribution in [3.63, 3.8) is 0 Å². The fourth-order valence-electron chi connectivity index (χ4n) is 6.94. The number of fused-ring (bicyclic) bond motifs is 5. The molecule has 0 radical (unpaired) electrons. The highest BCUT2D eigenvalue weighted by Crippen LogP contribution is 2.61. The van der Waals surface area contributed by atoms with E-state index in [9.17, 15) is 5.11 Å². The highest BCUT2D eigenvalue weighted by Gasteiger charge is 2.58. The molecule has 3 aliphatic rings. The standard InChI is InChI=1S/C26H34N2O2/c1-26-23(10-11-24(26)28-14-12-18-5-3-4-13-27-18)21-8-6-17-15-19(30-2)7-9-20(17)22(21)16-25(26)29/h3-5,7,9,13,15,21-25,28-29H,6,8,10-12,14,16H2,1-2H3/t21-,22-,23+,24+,25-,26+/m1/s1. The largest absolute Gasteiger partial charge is 0.497 e. The first kappa shape index (κ1) is 20.0. The molecule has 30 heavy (non-hydrogen) atoms. The summed E-state index contributed by atoms with van der Waals surface area (Å²) < 4.78 is 5.44. The molecule has 4 heteroatoms. The molecule has 0 amide bonds. The topological polar surface area (TPSA) is 54.4 Å². The van der Waals surface area contributed by atoms with Crippen molar-refractivity contribution in [2.24, 2.45) is 17.3 Å². The number of aryl methyl sites for hydroxylation is 1. The Kier molecular flexibility index (Phi) is 5.32. The maximum atomic E-state index is 11.4. The normalized spacial score (nSPS) is 34.7. The molecule has 2 fully saturated rings. The van der Waals surface area contributed by atoms with Gasteiger partial charge in [-0.3, -0.25) is 4.98 Å². The minimum absolute atomic E-state index is 0.0325. The summed E-state index contributed by atoms with van der Waals surface area (Å²) >= 11 is 0. The summed E-state index contributed by atoms with van der Waals surface area (Å²) in [5, 5.41) is 15.2. The van der Waals surface area contributed by atoms with Gasteiger partial charge in [0.15, 0.2) is 0 Å². The highest BCUT2D eigenvalue weighted by molar-refractivity contribution is 5.41. The third-order valence-electron chi connectivity index (χ3n) is 8.54. The van der Waals surface area contributed by atoms with Crippen molar-refractivity contribution in [2.45, 2.75) is 63.5 Å². The van der Waals surface area contributed by atoms with Crippen LogP contribution in [0.5, 0.6) is 5.75 Å². The number of ether oxygens (including phenoxy) is 1. The number of aliphatic hydroxyl groups excluding tert-OH is 1. The lowest BCUT2D eigenvalue weighted by atomic mass is 9.54. The number of aliphatic hydroxyl groups is 1. The van der Waals surface area contributed by atoms with Crippen molar-refractivity contribution in [2.75, 3.05) is 13.7 Å². The molecule has 2 aromatic rings. The van der Waals surface area contributed by atoms with Crippen LogP contribution in [0, 0.1) is 17.3 Å². The molecule has 3 aliphatic carbocycles. The average molecular weight is 407 g/mol. The van der Waals surface area contributed by atoms with Gasteiger partial charge in [0.25, 0.3) is 0 Å². The average Bonchev–Trinajstić information content (AvgIpc) is 3.12. The van der Waals surface area contributed by atoms with E-state index in [4.69, 9.17) is 4.74 Å². The van der Waals surface area contributed by atoms with E-state index in [1.807, 2.05) is 12.3 Å². The molecule has 6 atom stereocenters. The van der Waals surface area contributed by atoms with Gasteiger partial charge in [0, 0.05) is 36.3 Å². The van der Waals surface area contributed by atoms with Crippen molar-refractivity contribution in [3.05, 3.63) is 59.4 Å². The number of methoxy groups -OCH3 is 1. The zero-order valence-corrected chi connectivity index (χ0v) is 18.2. The van der Waals surface area contributed by atoms with Crippen molar-refractivity contribution in [1.29, 1.82) is 0 Å². The van der Waals surface area contributed by atoms with Gasteiger partial charge in [0.1, 0.15) is 5.75 Å². The summed E-state index contributed by atoms with van der Waals surface area (Å²) in [5.74, 6) is 2.71. The lowest BCUT2D eigenvalue weighted by Gasteiger charge is -2.53. The number of rotatable bonds is 5. The number of pyridine rings is 1. The molecule has 0 saturated heterocycles. The van der Waals surface area contributed by atoms with Crippen LogP contribution in [0.25, 0.3) is 0 Å². The number of nitrogens with one attached hydrogen (secondary N) is 1. The van der Waals surface area contributed by atoms with Gasteiger partial charge in [-0.05, 0) is 85.3 Å². The Labute approximate surface area is 180 Å². The number of hydrogen-bond acceptors (Lipinski definition) is 4. The van der Waals surface area contributed by atoms with E-state index in [1.165, 1.54) is 30.4 Å². The Morgan fingerprint density at radius 2 is 2.10 bits per heavy atom. The monoisotopic (exact) mass is 406 g/mol. The van der Waals surface area contributed by atoms with E-state index in [0.717, 1.165) is 37.3 Å². The van der Waals surface area contributed by atoms with Gasteiger partial charge in [-0.25, -0.2) is 0 Å². The second-order valence-corrected chi connectivity index (χ2v) is 9.75. The maximum absolute atomic E-state index is 11.4. The molecule has 2 saturated carbocycles. The van der Waals surface area contributed by atoms with Crippen molar-refractivity contribution in [1.82, 2.24) is 10.3 Å². The van der Waals surface area contributed by atoms with E-state index in [0.29, 0.717) is 23.8 Å². The lowest BCUT2D eigenvalue weighted by molar-refractivity contribution is -0.0783. The first-order chi connectivity index (χ1) is 14.6. The quantitative estimate of drug-likeness (QED) is 0.784. The van der Waals surface area contributed by atoms with Crippen LogP contribution in [0.4, 0.5) is 0 Å². The summed E-state index contributed by atoms with van der Waals surface area (Å²) in [7, 11) is 1.74. The predicted octanol–water partition coefficient (Wildman–Crippen LogP) is 4.12. The SMILES string of the molecule is COc1ccc2c(c1)CC[C@@H]1[C@@H]2C[C@@H](O)[C@]2(C)[C@@H](NCCc3ccccn3)CC[C@@H]12. The zero-order chi connectivity index (χ0) is 20.7. The number of aromatic nitrogens is 1. The van der Waals surface area contributed by atoms with Crippen LogP contribution in [-0.2, 0) is 12.8 Å². The summed E-state index contributed by atoms with van der Waals surface area (Å²) in [4.78, 5) is 4.45. The molecule has 0 bridgehead atoms. The van der Waals surface area contributed by atoms with Gasteiger partial charge in [-0.2, -0.15) is 0 Å². The van der Waals surface area contributed by atoms with Crippen LogP contribution in [0.2, 0.25) is 0 Å². The van der Waals surface area contributed by atoms with Gasteiger partial charge < -0.3 is 15.2 Å². The Bertz CT molecular complexity index is 886. The van der Waals surface area contributed by atoms with Gasteiger partial charge in [-0.15, -0.1) is 0 Å². The smallest absolute Gasteiger partial charge is 0.119 e. The van der Waals surface area contributed by atoms with Crippen LogP contribution in [0.3, 0.4) is 0 Å². The number of benzene rings is 1. The summed E-state index contributed by atoms with van der Waals surface area (Å²) in [6.45, 7) is 3.28. The van der Waals surface area contributed by atoms with Crippen molar-refractivity contribution >= 4 is 0 Å². The van der Waals surface area contributed by atoms with Gasteiger partial charge in [-0.1, -0.05) is 19.1 Å². The summed E-state index contributed by atoms with van der Waals surface area (Å²) in [6, 6.07) is 13.1. The van der Waals surface area contributed by atoms with Gasteiger partial charge >= 0.3 is 0 Å². The Morgan fingerprint density at radius 3 is 2.90 bits per heavy atom. The zero-order valence-electron chi connectivity index (χ0n) is 18.2. The molecule has 1 heterocycles. The molecule has 0 aliphatic heterocycles. The summed E-state index contributed by atoms with van der Waals surface area (Å²) in [5.41, 5.74) is 3.98. The maximum Gasteiger partial charge on any atom is 0.119 e. The van der Waals surface area contributed by atoms with Gasteiger partial charge in [0.2, 0.25) is 0 Å². The van der Waals surface area contributed by atoms with Crippen LogP contribution in [0.1, 0.15) is 55.3 Å².